The first-order valence-corrected chi connectivity index (χ1v) is 10.0. The maximum absolute atomic E-state index is 13.1. The summed E-state index contributed by atoms with van der Waals surface area (Å²) in [5.41, 5.74) is 2.93. The Morgan fingerprint density at radius 2 is 2.15 bits per heavy atom. The van der Waals surface area contributed by atoms with Gasteiger partial charge in [-0.15, -0.1) is 11.3 Å². The molecule has 6 heteroatoms. The minimum atomic E-state index is 0.0244. The van der Waals surface area contributed by atoms with E-state index in [2.05, 4.69) is 17.1 Å². The fourth-order valence-corrected chi connectivity index (χ4v) is 5.12. The van der Waals surface area contributed by atoms with Crippen LogP contribution < -0.4 is 5.56 Å². The zero-order chi connectivity index (χ0) is 18.4. The first kappa shape index (κ1) is 16.4. The summed E-state index contributed by atoms with van der Waals surface area (Å²) >= 11 is 1.68. The van der Waals surface area contributed by atoms with Crippen LogP contribution in [0.5, 0.6) is 0 Å². The molecule has 5 rings (SSSR count). The van der Waals surface area contributed by atoms with E-state index < -0.39 is 0 Å². The molecule has 0 spiro atoms. The molecule has 0 amide bonds. The molecule has 3 aromatic heterocycles. The number of fused-ring (bicyclic) bond motifs is 3. The molecular formula is C21H19N3O2S. The molecule has 0 saturated carbocycles. The standard InChI is InChI=1S/C21H19N3O2S/c1-13-7-8-16-18(9-13)27-20-19(16)21(25)24(12-22-20)11-15-10-17(26-23-15)14-5-3-2-4-6-14/h2-6,10,12-13H,7-9,11H2,1H3. The van der Waals surface area contributed by atoms with E-state index in [-0.39, 0.29) is 5.56 Å². The monoisotopic (exact) mass is 377 g/mol. The van der Waals surface area contributed by atoms with Crippen molar-refractivity contribution in [1.29, 1.82) is 0 Å². The Bertz CT molecular complexity index is 1170. The van der Waals surface area contributed by atoms with Crippen LogP contribution in [0.3, 0.4) is 0 Å². The molecule has 5 nitrogen and oxygen atoms in total. The van der Waals surface area contributed by atoms with Gasteiger partial charge in [0.25, 0.3) is 5.56 Å². The molecule has 27 heavy (non-hydrogen) atoms. The van der Waals surface area contributed by atoms with Gasteiger partial charge in [-0.25, -0.2) is 4.98 Å². The van der Waals surface area contributed by atoms with E-state index in [9.17, 15) is 4.79 Å². The summed E-state index contributed by atoms with van der Waals surface area (Å²) in [7, 11) is 0. The molecule has 4 aromatic rings. The third-order valence-electron chi connectivity index (χ3n) is 5.23. The zero-order valence-corrected chi connectivity index (χ0v) is 15.8. The molecule has 0 radical (unpaired) electrons. The molecule has 3 heterocycles. The summed E-state index contributed by atoms with van der Waals surface area (Å²) in [6, 6.07) is 11.7. The van der Waals surface area contributed by atoms with Crippen molar-refractivity contribution >= 4 is 21.6 Å². The average molecular weight is 377 g/mol. The minimum Gasteiger partial charge on any atom is -0.356 e. The molecule has 0 aliphatic heterocycles. The predicted molar refractivity (Wildman–Crippen MR) is 106 cm³/mol. The molecule has 136 valence electrons. The third-order valence-corrected chi connectivity index (χ3v) is 6.39. The van der Waals surface area contributed by atoms with Gasteiger partial charge in [0, 0.05) is 16.5 Å². The maximum Gasteiger partial charge on any atom is 0.262 e. The number of rotatable bonds is 3. The second-order valence-electron chi connectivity index (χ2n) is 7.26. The number of aryl methyl sites for hydroxylation is 1. The van der Waals surface area contributed by atoms with Gasteiger partial charge in [0.05, 0.1) is 18.3 Å². The van der Waals surface area contributed by atoms with Crippen LogP contribution >= 0.6 is 11.3 Å². The third kappa shape index (κ3) is 2.90. The van der Waals surface area contributed by atoms with Gasteiger partial charge in [-0.05, 0) is 30.7 Å². The second-order valence-corrected chi connectivity index (χ2v) is 8.34. The van der Waals surface area contributed by atoms with Gasteiger partial charge >= 0.3 is 0 Å². The number of thiophene rings is 1. The summed E-state index contributed by atoms with van der Waals surface area (Å²) in [6.07, 6.45) is 4.79. The number of hydrogen-bond acceptors (Lipinski definition) is 5. The van der Waals surface area contributed by atoms with Crippen LogP contribution in [0.15, 0.2) is 52.0 Å². The first-order chi connectivity index (χ1) is 13.2. The van der Waals surface area contributed by atoms with Crippen molar-refractivity contribution in [2.45, 2.75) is 32.7 Å². The Morgan fingerprint density at radius 3 is 3.00 bits per heavy atom. The van der Waals surface area contributed by atoms with Crippen molar-refractivity contribution in [1.82, 2.24) is 14.7 Å². The molecule has 1 aliphatic rings. The molecular weight excluding hydrogens is 358 g/mol. The highest BCUT2D eigenvalue weighted by Gasteiger charge is 2.23. The first-order valence-electron chi connectivity index (χ1n) is 9.20. The Labute approximate surface area is 160 Å². The summed E-state index contributed by atoms with van der Waals surface area (Å²) in [6.45, 7) is 2.63. The van der Waals surface area contributed by atoms with Crippen LogP contribution in [-0.4, -0.2) is 14.7 Å². The van der Waals surface area contributed by atoms with Crippen LogP contribution in [-0.2, 0) is 19.4 Å². The SMILES string of the molecule is CC1CCc2c(sc3ncn(Cc4cc(-c5ccccc5)on4)c(=O)c23)C1. The molecule has 0 fully saturated rings. The van der Waals surface area contributed by atoms with E-state index in [4.69, 9.17) is 4.52 Å². The summed E-state index contributed by atoms with van der Waals surface area (Å²) in [5.74, 6) is 1.38. The normalized spacial score (nSPS) is 16.6. The average Bonchev–Trinajstić information content (AvgIpc) is 3.29. The van der Waals surface area contributed by atoms with E-state index in [1.54, 1.807) is 22.2 Å². The van der Waals surface area contributed by atoms with Crippen molar-refractivity contribution in [2.75, 3.05) is 0 Å². The molecule has 1 aliphatic carbocycles. The maximum atomic E-state index is 13.1. The van der Waals surface area contributed by atoms with E-state index in [1.807, 2.05) is 36.4 Å². The largest absolute Gasteiger partial charge is 0.356 e. The lowest BCUT2D eigenvalue weighted by molar-refractivity contribution is 0.420. The number of nitrogens with zero attached hydrogens (tertiary/aromatic N) is 3. The van der Waals surface area contributed by atoms with Gasteiger partial charge < -0.3 is 4.52 Å². The van der Waals surface area contributed by atoms with Gasteiger partial charge in [-0.2, -0.15) is 0 Å². The predicted octanol–water partition coefficient (Wildman–Crippen LogP) is 4.29. The Hall–Kier alpha value is -2.73. The molecule has 1 aromatic carbocycles. The van der Waals surface area contributed by atoms with Gasteiger partial charge in [0.2, 0.25) is 0 Å². The van der Waals surface area contributed by atoms with Crippen molar-refractivity contribution < 1.29 is 4.52 Å². The minimum absolute atomic E-state index is 0.0244. The van der Waals surface area contributed by atoms with Crippen LogP contribution in [0.4, 0.5) is 0 Å². The van der Waals surface area contributed by atoms with E-state index >= 15 is 0 Å². The second kappa shape index (κ2) is 6.46. The Balaban J connectivity index is 1.50. The number of aromatic nitrogens is 3. The molecule has 0 saturated heterocycles. The Morgan fingerprint density at radius 1 is 1.30 bits per heavy atom. The van der Waals surface area contributed by atoms with Gasteiger partial charge in [-0.3, -0.25) is 9.36 Å². The van der Waals surface area contributed by atoms with Gasteiger partial charge in [0.1, 0.15) is 10.5 Å². The van der Waals surface area contributed by atoms with Crippen molar-refractivity contribution in [3.05, 3.63) is 69.2 Å². The molecule has 0 bridgehead atoms. The topological polar surface area (TPSA) is 60.9 Å². The smallest absolute Gasteiger partial charge is 0.262 e. The van der Waals surface area contributed by atoms with Crippen LogP contribution in [0.25, 0.3) is 21.5 Å². The quantitative estimate of drug-likeness (QED) is 0.534. The highest BCUT2D eigenvalue weighted by Crippen LogP contribution is 2.35. The lowest BCUT2D eigenvalue weighted by Crippen LogP contribution is -2.22. The molecule has 1 atom stereocenters. The van der Waals surface area contributed by atoms with Crippen LogP contribution in [0.2, 0.25) is 0 Å². The van der Waals surface area contributed by atoms with Crippen molar-refractivity contribution in [3.8, 4) is 11.3 Å². The molecule has 1 unspecified atom stereocenters. The summed E-state index contributed by atoms with van der Waals surface area (Å²) in [5, 5.41) is 4.94. The van der Waals surface area contributed by atoms with Crippen LogP contribution in [0, 0.1) is 5.92 Å². The molecule has 0 N–H and O–H groups in total. The zero-order valence-electron chi connectivity index (χ0n) is 15.0. The lowest BCUT2D eigenvalue weighted by Gasteiger charge is -2.17. The van der Waals surface area contributed by atoms with Crippen molar-refractivity contribution in [2.24, 2.45) is 5.92 Å². The van der Waals surface area contributed by atoms with Crippen LogP contribution in [0.1, 0.15) is 29.5 Å². The highest BCUT2D eigenvalue weighted by atomic mass is 32.1. The van der Waals surface area contributed by atoms with E-state index in [0.717, 1.165) is 40.7 Å². The fourth-order valence-electron chi connectivity index (χ4n) is 3.78. The number of hydrogen-bond donors (Lipinski definition) is 0. The number of benzene rings is 1. The van der Waals surface area contributed by atoms with Gasteiger partial charge in [0.15, 0.2) is 5.76 Å². The van der Waals surface area contributed by atoms with E-state index in [0.29, 0.717) is 18.2 Å². The van der Waals surface area contributed by atoms with E-state index in [1.165, 1.54) is 10.4 Å². The highest BCUT2D eigenvalue weighted by molar-refractivity contribution is 7.18. The Kier molecular flexibility index (Phi) is 3.93. The summed E-state index contributed by atoms with van der Waals surface area (Å²) < 4.78 is 7.09. The summed E-state index contributed by atoms with van der Waals surface area (Å²) in [4.78, 5) is 19.8. The van der Waals surface area contributed by atoms with Gasteiger partial charge in [-0.1, -0.05) is 42.4 Å². The van der Waals surface area contributed by atoms with Crippen molar-refractivity contribution in [3.63, 3.8) is 0 Å². The lowest BCUT2D eigenvalue weighted by atomic mass is 9.89. The fraction of sp³-hybridized carbons (Fsp3) is 0.286.